The van der Waals surface area contributed by atoms with Crippen LogP contribution in [0.4, 0.5) is 11.4 Å². The number of rotatable bonds is 5. The second kappa shape index (κ2) is 6.29. The van der Waals surface area contributed by atoms with Gasteiger partial charge in [0.1, 0.15) is 0 Å². The zero-order chi connectivity index (χ0) is 14.6. The van der Waals surface area contributed by atoms with Crippen LogP contribution in [0.2, 0.25) is 0 Å². The first kappa shape index (κ1) is 15.8. The van der Waals surface area contributed by atoms with Gasteiger partial charge in [0.15, 0.2) is 0 Å². The topological polar surface area (TPSA) is 41.3 Å². The summed E-state index contributed by atoms with van der Waals surface area (Å²) in [5, 5.41) is 3.10. The quantitative estimate of drug-likeness (QED) is 0.801. The predicted octanol–water partition coefficient (Wildman–Crippen LogP) is 3.22. The highest BCUT2D eigenvalue weighted by molar-refractivity contribution is 5.66. The van der Waals surface area contributed by atoms with Crippen LogP contribution in [0, 0.1) is 5.41 Å². The van der Waals surface area contributed by atoms with Gasteiger partial charge in [-0.1, -0.05) is 26.8 Å². The number of anilines is 2. The van der Waals surface area contributed by atoms with Crippen molar-refractivity contribution in [3.8, 4) is 0 Å². The number of hydrogen-bond donors (Lipinski definition) is 2. The fraction of sp³-hybridized carbons (Fsp3) is 0.625. The van der Waals surface area contributed by atoms with Gasteiger partial charge in [0.2, 0.25) is 0 Å². The minimum atomic E-state index is 0.292. The lowest BCUT2D eigenvalue weighted by Gasteiger charge is -2.36. The molecule has 3 N–H and O–H groups in total. The van der Waals surface area contributed by atoms with Gasteiger partial charge in [-0.05, 0) is 50.0 Å². The van der Waals surface area contributed by atoms with Crippen molar-refractivity contribution in [3.05, 3.63) is 23.8 Å². The van der Waals surface area contributed by atoms with E-state index in [0.717, 1.165) is 24.2 Å². The molecule has 1 unspecified atom stereocenters. The van der Waals surface area contributed by atoms with Crippen LogP contribution in [0.1, 0.15) is 32.8 Å². The first-order chi connectivity index (χ1) is 8.75. The molecule has 0 aliphatic rings. The number of nitrogen functional groups attached to an aromatic ring is 1. The van der Waals surface area contributed by atoms with Crippen LogP contribution in [0.5, 0.6) is 0 Å². The summed E-state index contributed by atoms with van der Waals surface area (Å²) in [6, 6.07) is 6.88. The standard InChI is InChI=1S/C16H29N3/c1-16(2,3)15(19(5)6)10-8-12-7-9-14(18-4)13(17)11-12/h7,9,11,15,18H,8,10,17H2,1-6H3. The summed E-state index contributed by atoms with van der Waals surface area (Å²) in [5.74, 6) is 0. The molecule has 3 nitrogen and oxygen atoms in total. The predicted molar refractivity (Wildman–Crippen MR) is 85.7 cm³/mol. The number of nitrogens with zero attached hydrogens (tertiary/aromatic N) is 1. The molecule has 0 fully saturated rings. The second-order valence-electron chi connectivity index (χ2n) is 6.56. The van der Waals surface area contributed by atoms with E-state index in [4.69, 9.17) is 5.73 Å². The summed E-state index contributed by atoms with van der Waals surface area (Å²) in [6.07, 6.45) is 2.21. The van der Waals surface area contributed by atoms with E-state index in [1.807, 2.05) is 7.05 Å². The number of aryl methyl sites for hydroxylation is 1. The maximum atomic E-state index is 6.01. The van der Waals surface area contributed by atoms with Gasteiger partial charge in [-0.2, -0.15) is 0 Å². The third-order valence-electron chi connectivity index (χ3n) is 3.71. The van der Waals surface area contributed by atoms with Crippen molar-refractivity contribution < 1.29 is 0 Å². The third-order valence-corrected chi connectivity index (χ3v) is 3.71. The monoisotopic (exact) mass is 263 g/mol. The molecule has 1 rings (SSSR count). The van der Waals surface area contributed by atoms with Gasteiger partial charge >= 0.3 is 0 Å². The molecular formula is C16H29N3. The Hall–Kier alpha value is -1.22. The zero-order valence-electron chi connectivity index (χ0n) is 13.2. The highest BCUT2D eigenvalue weighted by Gasteiger charge is 2.25. The molecule has 0 aliphatic heterocycles. The van der Waals surface area contributed by atoms with Gasteiger partial charge in [-0.25, -0.2) is 0 Å². The lowest BCUT2D eigenvalue weighted by molar-refractivity contribution is 0.143. The van der Waals surface area contributed by atoms with Crippen molar-refractivity contribution >= 4 is 11.4 Å². The van der Waals surface area contributed by atoms with Gasteiger partial charge in [0.25, 0.3) is 0 Å². The van der Waals surface area contributed by atoms with Gasteiger partial charge in [-0.15, -0.1) is 0 Å². The van der Waals surface area contributed by atoms with Crippen LogP contribution in [0.3, 0.4) is 0 Å². The zero-order valence-corrected chi connectivity index (χ0v) is 13.2. The van der Waals surface area contributed by atoms with Gasteiger partial charge in [0.05, 0.1) is 11.4 Å². The van der Waals surface area contributed by atoms with E-state index < -0.39 is 0 Å². The molecule has 1 atom stereocenters. The Morgan fingerprint density at radius 3 is 2.32 bits per heavy atom. The summed E-state index contributed by atoms with van der Waals surface area (Å²) in [6.45, 7) is 6.91. The van der Waals surface area contributed by atoms with Crippen molar-refractivity contribution in [3.63, 3.8) is 0 Å². The summed E-state index contributed by atoms with van der Waals surface area (Å²) in [5.41, 5.74) is 9.45. The highest BCUT2D eigenvalue weighted by atomic mass is 15.1. The number of benzene rings is 1. The molecule has 0 saturated heterocycles. The Labute approximate surface area is 118 Å². The van der Waals surface area contributed by atoms with Crippen LogP contribution in [0.15, 0.2) is 18.2 Å². The van der Waals surface area contributed by atoms with Gasteiger partial charge in [0, 0.05) is 13.1 Å². The molecule has 0 amide bonds. The molecule has 3 heteroatoms. The normalized spacial score (nSPS) is 13.6. The minimum Gasteiger partial charge on any atom is -0.397 e. The van der Waals surface area contributed by atoms with Gasteiger partial charge in [-0.3, -0.25) is 0 Å². The summed E-state index contributed by atoms with van der Waals surface area (Å²) < 4.78 is 0. The fourth-order valence-corrected chi connectivity index (χ4v) is 2.76. The van der Waals surface area contributed by atoms with Crippen LogP contribution in [-0.4, -0.2) is 32.1 Å². The molecule has 0 aromatic heterocycles. The van der Waals surface area contributed by atoms with E-state index in [0.29, 0.717) is 11.5 Å². The second-order valence-corrected chi connectivity index (χ2v) is 6.56. The van der Waals surface area contributed by atoms with E-state index in [1.165, 1.54) is 5.56 Å². The Bertz CT molecular complexity index is 405. The molecule has 1 aromatic carbocycles. The SMILES string of the molecule is CNc1ccc(CCC(N(C)C)C(C)(C)C)cc1N. The third kappa shape index (κ3) is 4.43. The van der Waals surface area contributed by atoms with E-state index >= 15 is 0 Å². The van der Waals surface area contributed by atoms with E-state index in [2.05, 4.69) is 63.3 Å². The van der Waals surface area contributed by atoms with Crippen LogP contribution >= 0.6 is 0 Å². The van der Waals surface area contributed by atoms with Crippen molar-refractivity contribution in [1.82, 2.24) is 4.90 Å². The summed E-state index contributed by atoms with van der Waals surface area (Å²) in [7, 11) is 6.22. The fourth-order valence-electron chi connectivity index (χ4n) is 2.76. The highest BCUT2D eigenvalue weighted by Crippen LogP contribution is 2.27. The molecular weight excluding hydrogens is 234 g/mol. The molecule has 0 bridgehead atoms. The maximum absolute atomic E-state index is 6.01. The minimum absolute atomic E-state index is 0.292. The van der Waals surface area contributed by atoms with Crippen molar-refractivity contribution in [2.45, 2.75) is 39.7 Å². The number of nitrogens with one attached hydrogen (secondary N) is 1. The van der Waals surface area contributed by atoms with Crippen molar-refractivity contribution in [2.75, 3.05) is 32.2 Å². The molecule has 0 radical (unpaired) electrons. The Balaban J connectivity index is 2.72. The Kier molecular flexibility index (Phi) is 5.24. The average molecular weight is 263 g/mol. The van der Waals surface area contributed by atoms with E-state index in [1.54, 1.807) is 0 Å². The number of hydrogen-bond acceptors (Lipinski definition) is 3. The summed E-state index contributed by atoms with van der Waals surface area (Å²) in [4.78, 5) is 2.32. The van der Waals surface area contributed by atoms with Crippen LogP contribution in [0.25, 0.3) is 0 Å². The Morgan fingerprint density at radius 1 is 1.26 bits per heavy atom. The molecule has 1 aromatic rings. The number of nitrogens with two attached hydrogens (primary N) is 1. The molecule has 0 spiro atoms. The van der Waals surface area contributed by atoms with Crippen molar-refractivity contribution in [1.29, 1.82) is 0 Å². The van der Waals surface area contributed by atoms with Crippen molar-refractivity contribution in [2.24, 2.45) is 5.41 Å². The van der Waals surface area contributed by atoms with E-state index in [9.17, 15) is 0 Å². The average Bonchev–Trinajstić information content (AvgIpc) is 2.27. The van der Waals surface area contributed by atoms with Crippen LogP contribution < -0.4 is 11.1 Å². The first-order valence-electron chi connectivity index (χ1n) is 6.98. The lowest BCUT2D eigenvalue weighted by atomic mass is 9.82. The maximum Gasteiger partial charge on any atom is 0.0571 e. The van der Waals surface area contributed by atoms with Crippen LogP contribution in [-0.2, 0) is 6.42 Å². The smallest absolute Gasteiger partial charge is 0.0571 e. The van der Waals surface area contributed by atoms with E-state index in [-0.39, 0.29) is 0 Å². The Morgan fingerprint density at radius 2 is 1.89 bits per heavy atom. The largest absolute Gasteiger partial charge is 0.397 e. The lowest BCUT2D eigenvalue weighted by Crippen LogP contribution is -2.39. The first-order valence-corrected chi connectivity index (χ1v) is 6.98. The molecule has 0 saturated carbocycles. The summed E-state index contributed by atoms with van der Waals surface area (Å²) >= 11 is 0. The molecule has 0 heterocycles. The van der Waals surface area contributed by atoms with Gasteiger partial charge < -0.3 is 16.0 Å². The molecule has 0 aliphatic carbocycles. The molecule has 108 valence electrons. The molecule has 19 heavy (non-hydrogen) atoms.